The van der Waals surface area contributed by atoms with Gasteiger partial charge < -0.3 is 9.88 Å². The third-order valence-electron chi connectivity index (χ3n) is 5.06. The summed E-state index contributed by atoms with van der Waals surface area (Å²) in [6.07, 6.45) is 0. The van der Waals surface area contributed by atoms with Crippen LogP contribution in [-0.4, -0.2) is 26.1 Å². The normalized spacial score (nSPS) is 11.5. The fourth-order valence-electron chi connectivity index (χ4n) is 3.37. The fourth-order valence-corrected chi connectivity index (χ4v) is 3.37. The van der Waals surface area contributed by atoms with Crippen LogP contribution in [0.3, 0.4) is 0 Å². The Labute approximate surface area is 169 Å². The van der Waals surface area contributed by atoms with Crippen molar-refractivity contribution >= 4 is 11.0 Å². The summed E-state index contributed by atoms with van der Waals surface area (Å²) in [5.41, 5.74) is 2.31. The molecule has 0 spiro atoms. The summed E-state index contributed by atoms with van der Waals surface area (Å²) in [5, 5.41) is 3.06. The molecular weight excluding hydrogens is 392 g/mol. The third-order valence-corrected chi connectivity index (χ3v) is 5.06. The molecule has 0 bridgehead atoms. The molecule has 7 nitrogen and oxygen atoms in total. The van der Waals surface area contributed by atoms with Gasteiger partial charge in [0.15, 0.2) is 11.5 Å². The van der Waals surface area contributed by atoms with Gasteiger partial charge in [-0.1, -0.05) is 0 Å². The minimum Gasteiger partial charge on any atom is -0.321 e. The molecule has 154 valence electrons. The highest BCUT2D eigenvalue weighted by Crippen LogP contribution is 2.23. The van der Waals surface area contributed by atoms with Gasteiger partial charge in [0.25, 0.3) is 5.56 Å². The summed E-state index contributed by atoms with van der Waals surface area (Å²) in [7, 11) is 0. The number of aromatic nitrogens is 4. The highest BCUT2D eigenvalue weighted by molar-refractivity contribution is 5.81. The monoisotopic (exact) mass is 411 g/mol. The maximum Gasteiger partial charge on any atom is 0.349 e. The van der Waals surface area contributed by atoms with Gasteiger partial charge >= 0.3 is 5.69 Å². The van der Waals surface area contributed by atoms with Crippen LogP contribution in [0.25, 0.3) is 22.6 Å². The van der Waals surface area contributed by atoms with E-state index in [1.165, 1.54) is 0 Å². The van der Waals surface area contributed by atoms with E-state index in [1.807, 2.05) is 26.0 Å². The lowest BCUT2D eigenvalue weighted by Crippen LogP contribution is -2.30. The van der Waals surface area contributed by atoms with Gasteiger partial charge in [-0.15, -0.1) is 0 Å². The van der Waals surface area contributed by atoms with Crippen LogP contribution >= 0.6 is 0 Å². The molecule has 0 saturated heterocycles. The summed E-state index contributed by atoms with van der Waals surface area (Å²) < 4.78 is 28.9. The Kier molecular flexibility index (Phi) is 5.13. The van der Waals surface area contributed by atoms with Crippen molar-refractivity contribution in [3.63, 3.8) is 0 Å². The van der Waals surface area contributed by atoms with Crippen LogP contribution in [0.4, 0.5) is 8.78 Å². The predicted octanol–water partition coefficient (Wildman–Crippen LogP) is 2.27. The molecule has 9 heteroatoms. The number of fused-ring (bicyclic) bond motifs is 2. The van der Waals surface area contributed by atoms with E-state index in [-0.39, 0.29) is 23.6 Å². The first kappa shape index (κ1) is 19.8. The van der Waals surface area contributed by atoms with E-state index >= 15 is 0 Å². The molecule has 2 aromatic rings. The van der Waals surface area contributed by atoms with E-state index in [0.717, 1.165) is 34.8 Å². The Balaban J connectivity index is 1.70. The molecule has 2 aliphatic rings. The molecule has 0 aromatic heterocycles. The van der Waals surface area contributed by atoms with Crippen molar-refractivity contribution in [1.29, 1.82) is 0 Å². The van der Waals surface area contributed by atoms with E-state index in [4.69, 9.17) is 0 Å². The minimum atomic E-state index is -0.749. The number of H-pyrrole nitrogens is 1. The molecule has 0 saturated carbocycles. The molecule has 2 N–H and O–H groups in total. The smallest absolute Gasteiger partial charge is 0.321 e. The van der Waals surface area contributed by atoms with Crippen LogP contribution in [0.1, 0.15) is 16.7 Å². The summed E-state index contributed by atoms with van der Waals surface area (Å²) >= 11 is 0. The summed E-state index contributed by atoms with van der Waals surface area (Å²) in [6.45, 7) is 4.74. The number of nitrogens with one attached hydrogen (secondary N) is 2. The molecule has 0 fully saturated rings. The highest BCUT2D eigenvalue weighted by Gasteiger charge is 2.19. The SMILES string of the molecule is Cc1cc2nc3c(=O)[nH]c(=O)nc-3n(CCNCc3cc(F)ccc3F)c2cc1C. The van der Waals surface area contributed by atoms with Crippen LogP contribution in [0, 0.1) is 25.5 Å². The Bertz CT molecular complexity index is 1350. The van der Waals surface area contributed by atoms with Crippen molar-refractivity contribution in [3.8, 4) is 11.5 Å². The molecule has 2 aromatic carbocycles. The lowest BCUT2D eigenvalue weighted by molar-refractivity contribution is 0.555. The average molecular weight is 411 g/mol. The molecular formula is C21H19F2N5O2. The highest BCUT2D eigenvalue weighted by atomic mass is 19.1. The first-order valence-electron chi connectivity index (χ1n) is 9.40. The van der Waals surface area contributed by atoms with Crippen molar-refractivity contribution in [2.24, 2.45) is 0 Å². The molecule has 0 unspecified atom stereocenters. The number of rotatable bonds is 5. The predicted molar refractivity (Wildman–Crippen MR) is 109 cm³/mol. The lowest BCUT2D eigenvalue weighted by atomic mass is 10.1. The van der Waals surface area contributed by atoms with Crippen molar-refractivity contribution in [3.05, 3.63) is 79.5 Å². The van der Waals surface area contributed by atoms with Gasteiger partial charge in [0.1, 0.15) is 11.6 Å². The molecule has 0 atom stereocenters. The maximum atomic E-state index is 13.8. The first-order valence-corrected chi connectivity index (χ1v) is 9.40. The third kappa shape index (κ3) is 3.71. The second kappa shape index (κ2) is 7.75. The molecule has 30 heavy (non-hydrogen) atoms. The van der Waals surface area contributed by atoms with Crippen LogP contribution < -0.4 is 16.6 Å². The van der Waals surface area contributed by atoms with Crippen molar-refractivity contribution in [2.75, 3.05) is 6.54 Å². The van der Waals surface area contributed by atoms with Crippen molar-refractivity contribution in [2.45, 2.75) is 26.9 Å². The van der Waals surface area contributed by atoms with Crippen molar-refractivity contribution < 1.29 is 8.78 Å². The zero-order valence-electron chi connectivity index (χ0n) is 16.4. The van der Waals surface area contributed by atoms with Crippen LogP contribution in [0.5, 0.6) is 0 Å². The number of benzene rings is 2. The zero-order valence-corrected chi connectivity index (χ0v) is 16.4. The van der Waals surface area contributed by atoms with Gasteiger partial charge in [-0.2, -0.15) is 4.98 Å². The number of halogens is 2. The summed E-state index contributed by atoms with van der Waals surface area (Å²) in [4.78, 5) is 34.6. The summed E-state index contributed by atoms with van der Waals surface area (Å²) in [6, 6.07) is 7.10. The number of aromatic amines is 1. The van der Waals surface area contributed by atoms with Crippen LogP contribution in [-0.2, 0) is 13.1 Å². The van der Waals surface area contributed by atoms with Crippen LogP contribution in [0.15, 0.2) is 39.9 Å². The molecule has 0 aliphatic carbocycles. The van der Waals surface area contributed by atoms with Gasteiger partial charge in [-0.25, -0.2) is 18.6 Å². The maximum absolute atomic E-state index is 13.8. The van der Waals surface area contributed by atoms with E-state index in [0.29, 0.717) is 18.6 Å². The van der Waals surface area contributed by atoms with Crippen molar-refractivity contribution in [1.82, 2.24) is 24.8 Å². The van der Waals surface area contributed by atoms with Gasteiger partial charge in [0.2, 0.25) is 0 Å². The number of nitrogens with zero attached hydrogens (tertiary/aromatic N) is 3. The van der Waals surface area contributed by atoms with Crippen LogP contribution in [0.2, 0.25) is 0 Å². The van der Waals surface area contributed by atoms with Gasteiger partial charge in [-0.05, 0) is 55.3 Å². The molecule has 0 amide bonds. The molecule has 4 rings (SSSR count). The Morgan fingerprint density at radius 2 is 1.83 bits per heavy atom. The van der Waals surface area contributed by atoms with Gasteiger partial charge in [0.05, 0.1) is 11.0 Å². The number of hydrogen-bond acceptors (Lipinski definition) is 5. The first-order chi connectivity index (χ1) is 14.3. The number of hydrogen-bond donors (Lipinski definition) is 2. The van der Waals surface area contributed by atoms with E-state index in [1.54, 1.807) is 4.57 Å². The average Bonchev–Trinajstić information content (AvgIpc) is 2.69. The lowest BCUT2D eigenvalue weighted by Gasteiger charge is -2.18. The Hall–Kier alpha value is -3.46. The largest absolute Gasteiger partial charge is 0.349 e. The molecule has 2 heterocycles. The van der Waals surface area contributed by atoms with E-state index < -0.39 is 22.9 Å². The van der Waals surface area contributed by atoms with Gasteiger partial charge in [-0.3, -0.25) is 9.78 Å². The number of aryl methyl sites for hydroxylation is 2. The summed E-state index contributed by atoms with van der Waals surface area (Å²) in [5.74, 6) is -0.823. The topological polar surface area (TPSA) is 92.7 Å². The molecule has 0 radical (unpaired) electrons. The zero-order chi connectivity index (χ0) is 21.4. The Morgan fingerprint density at radius 3 is 2.63 bits per heavy atom. The Morgan fingerprint density at radius 1 is 1.07 bits per heavy atom. The minimum absolute atomic E-state index is 0.0709. The second-order valence-corrected chi connectivity index (χ2v) is 7.14. The quantitative estimate of drug-likeness (QED) is 0.388. The fraction of sp³-hybridized carbons (Fsp3) is 0.238. The second-order valence-electron chi connectivity index (χ2n) is 7.14. The standard InChI is InChI=1S/C21H19F2N5O2/c1-11-7-16-17(8-12(11)2)28(19-18(25-16)20(29)27-21(30)26-19)6-5-24-10-13-9-14(22)3-4-15(13)23/h3-4,7-9,24H,5-6,10H2,1-2H3,(H,27,29,30). The van der Waals surface area contributed by atoms with E-state index in [2.05, 4.69) is 20.3 Å². The van der Waals surface area contributed by atoms with E-state index in [9.17, 15) is 18.4 Å². The molecule has 2 aliphatic heterocycles. The van der Waals surface area contributed by atoms with Gasteiger partial charge in [0, 0.05) is 25.2 Å².